The molecule has 3 aromatic rings. The largest absolute Gasteiger partial charge is 0.504 e. The highest BCUT2D eigenvalue weighted by Gasteiger charge is 2.50. The Morgan fingerprint density at radius 3 is 2.29 bits per heavy atom. The van der Waals surface area contributed by atoms with E-state index in [-0.39, 0.29) is 41.2 Å². The summed E-state index contributed by atoms with van der Waals surface area (Å²) in [5.41, 5.74) is 3.52. The van der Waals surface area contributed by atoms with Crippen molar-refractivity contribution in [3.8, 4) is 23.0 Å². The minimum atomic E-state index is -0.537. The van der Waals surface area contributed by atoms with E-state index in [4.69, 9.17) is 18.9 Å². The predicted octanol–water partition coefficient (Wildman–Crippen LogP) is 7.92. The first-order chi connectivity index (χ1) is 23.7. The summed E-state index contributed by atoms with van der Waals surface area (Å²) in [6.07, 6.45) is 10.9. The highest BCUT2D eigenvalue weighted by Crippen LogP contribution is 2.54. The number of aromatic hydroxyl groups is 2. The van der Waals surface area contributed by atoms with Crippen molar-refractivity contribution in [3.63, 3.8) is 0 Å². The molecule has 3 aliphatic carbocycles. The van der Waals surface area contributed by atoms with E-state index in [2.05, 4.69) is 24.3 Å². The van der Waals surface area contributed by atoms with Gasteiger partial charge in [-0.15, -0.1) is 0 Å². The number of carbonyl (C=O) groups is 2. The Morgan fingerprint density at radius 1 is 0.837 bits per heavy atom. The van der Waals surface area contributed by atoms with Crippen LogP contribution in [0.25, 0.3) is 6.08 Å². The molecule has 0 bridgehead atoms. The number of rotatable bonds is 8. The van der Waals surface area contributed by atoms with E-state index in [0.29, 0.717) is 43.6 Å². The van der Waals surface area contributed by atoms with Crippen LogP contribution >= 0.6 is 0 Å². The van der Waals surface area contributed by atoms with Gasteiger partial charge in [0, 0.05) is 19.3 Å². The molecule has 8 nitrogen and oxygen atoms in total. The van der Waals surface area contributed by atoms with E-state index >= 15 is 0 Å². The van der Waals surface area contributed by atoms with Crippen molar-refractivity contribution in [1.82, 2.24) is 0 Å². The third-order valence-corrected chi connectivity index (χ3v) is 10.9. The summed E-state index contributed by atoms with van der Waals surface area (Å²) in [6, 6.07) is 19.3. The zero-order valence-electron chi connectivity index (χ0n) is 28.7. The molecule has 0 amide bonds. The van der Waals surface area contributed by atoms with Crippen LogP contribution in [0.3, 0.4) is 0 Å². The Labute approximate surface area is 289 Å². The van der Waals surface area contributed by atoms with Crippen LogP contribution in [-0.2, 0) is 31.9 Å². The number of phenols is 2. The zero-order chi connectivity index (χ0) is 34.5. The van der Waals surface area contributed by atoms with E-state index < -0.39 is 17.6 Å². The fraction of sp³-hybridized carbons (Fsp3) is 0.463. The van der Waals surface area contributed by atoms with Crippen molar-refractivity contribution in [2.24, 2.45) is 17.3 Å². The molecule has 260 valence electrons. The lowest BCUT2D eigenvalue weighted by Gasteiger charge is -2.50. The number of hydrogen-bond donors (Lipinski definition) is 2. The molecule has 0 saturated heterocycles. The maximum Gasteiger partial charge on any atom is 0.309 e. The molecule has 0 heterocycles. The van der Waals surface area contributed by atoms with Crippen molar-refractivity contribution in [3.05, 3.63) is 89.0 Å². The van der Waals surface area contributed by atoms with Crippen LogP contribution < -0.4 is 9.47 Å². The van der Waals surface area contributed by atoms with Gasteiger partial charge in [-0.05, 0) is 96.4 Å². The number of esters is 2. The summed E-state index contributed by atoms with van der Waals surface area (Å²) in [5, 5.41) is 21.4. The average Bonchev–Trinajstić information content (AvgIpc) is 3.10. The summed E-state index contributed by atoms with van der Waals surface area (Å²) in [7, 11) is 3.07. The molecule has 3 aromatic carbocycles. The summed E-state index contributed by atoms with van der Waals surface area (Å²) < 4.78 is 23.6. The zero-order valence-corrected chi connectivity index (χ0v) is 28.7. The van der Waals surface area contributed by atoms with Crippen LogP contribution in [-0.4, -0.2) is 48.6 Å². The van der Waals surface area contributed by atoms with E-state index in [0.717, 1.165) is 54.4 Å². The number of allylic oxidation sites excluding steroid dienone is 1. The molecule has 0 spiro atoms. The molecule has 49 heavy (non-hydrogen) atoms. The van der Waals surface area contributed by atoms with Gasteiger partial charge in [0.25, 0.3) is 0 Å². The van der Waals surface area contributed by atoms with Crippen molar-refractivity contribution < 1.29 is 38.7 Å². The van der Waals surface area contributed by atoms with Crippen molar-refractivity contribution in [2.45, 2.75) is 89.3 Å². The highest BCUT2D eigenvalue weighted by atomic mass is 16.6. The smallest absolute Gasteiger partial charge is 0.309 e. The highest BCUT2D eigenvalue weighted by molar-refractivity contribution is 5.72. The standard InChI is InChI=1S/C41H48O8/c1-26(42)48-37-23-33(49-40(45)28-12-8-5-9-13-28)18-31(29-14-15-35(43)38(21-29)46-2)24-41(17-16-27-10-6-4-7-11-27)25-32-20-36(44)39(47-3)22-30(32)19-34(37)41/h4,6-7,10-11,14-17,20-22,28,31,33-34,37,43-44H,5,8-9,12-13,18-19,23-25H2,1-3H3. The second-order valence-corrected chi connectivity index (χ2v) is 14.1. The third kappa shape index (κ3) is 7.74. The minimum absolute atomic E-state index is 0.0554. The van der Waals surface area contributed by atoms with Gasteiger partial charge in [0.05, 0.1) is 20.1 Å². The summed E-state index contributed by atoms with van der Waals surface area (Å²) in [6.45, 7) is 1.44. The lowest BCUT2D eigenvalue weighted by atomic mass is 9.56. The molecule has 2 saturated carbocycles. The Bertz CT molecular complexity index is 1660. The minimum Gasteiger partial charge on any atom is -0.504 e. The molecule has 6 rings (SSSR count). The van der Waals surface area contributed by atoms with Gasteiger partial charge in [0.2, 0.25) is 0 Å². The number of carbonyl (C=O) groups excluding carboxylic acids is 2. The van der Waals surface area contributed by atoms with E-state index in [1.807, 2.05) is 36.4 Å². The monoisotopic (exact) mass is 668 g/mol. The third-order valence-electron chi connectivity index (χ3n) is 10.9. The van der Waals surface area contributed by atoms with Gasteiger partial charge in [0.15, 0.2) is 23.0 Å². The Morgan fingerprint density at radius 2 is 1.57 bits per heavy atom. The quantitative estimate of drug-likeness (QED) is 0.233. The normalized spacial score (nSPS) is 25.7. The predicted molar refractivity (Wildman–Crippen MR) is 187 cm³/mol. The molecule has 8 heteroatoms. The summed E-state index contributed by atoms with van der Waals surface area (Å²) in [5.74, 6) is -0.0363. The second-order valence-electron chi connectivity index (χ2n) is 14.1. The summed E-state index contributed by atoms with van der Waals surface area (Å²) in [4.78, 5) is 26.4. The lowest BCUT2D eigenvalue weighted by molar-refractivity contribution is -0.165. The molecular weight excluding hydrogens is 620 g/mol. The van der Waals surface area contributed by atoms with Crippen LogP contribution in [0.2, 0.25) is 0 Å². The number of hydrogen-bond acceptors (Lipinski definition) is 8. The van der Waals surface area contributed by atoms with Crippen molar-refractivity contribution in [2.75, 3.05) is 14.2 Å². The van der Waals surface area contributed by atoms with Crippen molar-refractivity contribution in [1.29, 1.82) is 0 Å². The second kappa shape index (κ2) is 15.0. The topological polar surface area (TPSA) is 112 Å². The van der Waals surface area contributed by atoms with Crippen LogP contribution in [0.15, 0.2) is 66.7 Å². The molecule has 5 atom stereocenters. The fourth-order valence-electron chi connectivity index (χ4n) is 8.52. The first kappa shape index (κ1) is 34.4. The fourth-order valence-corrected chi connectivity index (χ4v) is 8.52. The molecule has 0 aliphatic heterocycles. The van der Waals surface area contributed by atoms with Gasteiger partial charge in [-0.1, -0.05) is 67.8 Å². The van der Waals surface area contributed by atoms with Gasteiger partial charge >= 0.3 is 11.9 Å². The first-order valence-electron chi connectivity index (χ1n) is 17.6. The van der Waals surface area contributed by atoms with Gasteiger partial charge in [-0.2, -0.15) is 0 Å². The average molecular weight is 669 g/mol. The van der Waals surface area contributed by atoms with E-state index in [1.54, 1.807) is 12.1 Å². The number of phenolic OH excluding ortho intramolecular Hbond substituents is 2. The Hall–Kier alpha value is -4.46. The SMILES string of the molecule is COc1cc(C2CC(OC(=O)C3CCCCC3)CC(OC(C)=O)C3Cc4cc(OC)c(O)cc4CC3(C=Cc3ccccc3)C2)ccc1O. The molecule has 2 N–H and O–H groups in total. The lowest BCUT2D eigenvalue weighted by Crippen LogP contribution is -2.49. The molecule has 0 aromatic heterocycles. The van der Waals surface area contributed by atoms with Gasteiger partial charge < -0.3 is 29.2 Å². The number of benzene rings is 3. The number of methoxy groups -OCH3 is 2. The Balaban J connectivity index is 1.49. The van der Waals surface area contributed by atoms with Gasteiger partial charge in [-0.25, -0.2) is 0 Å². The van der Waals surface area contributed by atoms with E-state index in [9.17, 15) is 19.8 Å². The van der Waals surface area contributed by atoms with Gasteiger partial charge in [0.1, 0.15) is 12.2 Å². The molecular formula is C41H48O8. The number of ether oxygens (including phenoxy) is 4. The molecule has 2 fully saturated rings. The van der Waals surface area contributed by atoms with Gasteiger partial charge in [-0.3, -0.25) is 9.59 Å². The summed E-state index contributed by atoms with van der Waals surface area (Å²) >= 11 is 0. The van der Waals surface area contributed by atoms with Crippen LogP contribution in [0.5, 0.6) is 23.0 Å². The van der Waals surface area contributed by atoms with Crippen LogP contribution in [0.4, 0.5) is 0 Å². The first-order valence-corrected chi connectivity index (χ1v) is 17.6. The van der Waals surface area contributed by atoms with Crippen LogP contribution in [0, 0.1) is 17.3 Å². The molecule has 0 radical (unpaired) electrons. The van der Waals surface area contributed by atoms with E-state index in [1.165, 1.54) is 21.1 Å². The van der Waals surface area contributed by atoms with Crippen molar-refractivity contribution >= 4 is 18.0 Å². The molecule has 3 aliphatic rings. The Kier molecular flexibility index (Phi) is 10.5. The number of fused-ring (bicyclic) bond motifs is 2. The maximum atomic E-state index is 13.6. The molecule has 5 unspecified atom stereocenters. The maximum absolute atomic E-state index is 13.6. The van der Waals surface area contributed by atoms with Crippen LogP contribution in [0.1, 0.15) is 86.5 Å².